The van der Waals surface area contributed by atoms with Crippen LogP contribution in [0.15, 0.2) is 52.4 Å². The van der Waals surface area contributed by atoms with Crippen molar-refractivity contribution in [2.75, 3.05) is 25.4 Å². The fraction of sp³-hybridized carbons (Fsp3) is 0.333. The average molecular weight is 520 g/mol. The van der Waals surface area contributed by atoms with E-state index in [-0.39, 0.29) is 29.1 Å². The number of para-hydroxylation sites is 1. The number of carbonyl (C=O) groups is 2. The van der Waals surface area contributed by atoms with Crippen molar-refractivity contribution in [3.05, 3.63) is 62.9 Å². The number of piperidine rings is 1. The molecule has 1 amide bonds. The van der Waals surface area contributed by atoms with Gasteiger partial charge in [0.25, 0.3) is 5.56 Å². The zero-order valence-electron chi connectivity index (χ0n) is 18.5. The molecule has 1 fully saturated rings. The average Bonchev–Trinajstić information content (AvgIpc) is 2.85. The molecule has 0 saturated carbocycles. The minimum absolute atomic E-state index is 0.0711. The molecule has 0 aliphatic carbocycles. The number of fused-ring (bicyclic) bond motifs is 1. The number of aromatic nitrogens is 2. The number of ether oxygens (including phenoxy) is 1. The SMILES string of the molecule is CCOC(=O)C1CCCN(C(=O)CSc2nc3ccccc3c(=O)n2-c2ccc(Cl)c(Cl)c2)C1. The maximum atomic E-state index is 13.4. The van der Waals surface area contributed by atoms with Crippen LogP contribution in [0.3, 0.4) is 0 Å². The Morgan fingerprint density at radius 2 is 1.97 bits per heavy atom. The Bertz CT molecular complexity index is 1300. The minimum atomic E-state index is -0.309. The smallest absolute Gasteiger partial charge is 0.310 e. The number of hydrogen-bond donors (Lipinski definition) is 0. The number of rotatable bonds is 6. The van der Waals surface area contributed by atoms with Crippen LogP contribution >= 0.6 is 35.0 Å². The summed E-state index contributed by atoms with van der Waals surface area (Å²) >= 11 is 13.4. The van der Waals surface area contributed by atoms with Crippen molar-refractivity contribution in [1.29, 1.82) is 0 Å². The Kier molecular flexibility index (Phi) is 7.80. The number of esters is 1. The second-order valence-corrected chi connectivity index (χ2v) is 9.63. The van der Waals surface area contributed by atoms with Crippen molar-refractivity contribution < 1.29 is 14.3 Å². The second-order valence-electron chi connectivity index (χ2n) is 7.87. The van der Waals surface area contributed by atoms with Gasteiger partial charge in [0.2, 0.25) is 5.91 Å². The number of amides is 1. The molecule has 1 saturated heterocycles. The molecular weight excluding hydrogens is 497 g/mol. The number of halogens is 2. The van der Waals surface area contributed by atoms with E-state index < -0.39 is 0 Å². The van der Waals surface area contributed by atoms with E-state index in [2.05, 4.69) is 4.98 Å². The molecule has 2 aromatic carbocycles. The normalized spacial score (nSPS) is 16.0. The lowest BCUT2D eigenvalue weighted by atomic mass is 9.98. The Hall–Kier alpha value is -2.55. The lowest BCUT2D eigenvalue weighted by molar-refractivity contribution is -0.151. The van der Waals surface area contributed by atoms with Gasteiger partial charge in [-0.15, -0.1) is 0 Å². The molecule has 3 aromatic rings. The van der Waals surface area contributed by atoms with E-state index in [1.165, 1.54) is 16.3 Å². The van der Waals surface area contributed by atoms with Crippen LogP contribution < -0.4 is 5.56 Å². The number of hydrogen-bond acceptors (Lipinski definition) is 6. The highest BCUT2D eigenvalue weighted by molar-refractivity contribution is 7.99. The summed E-state index contributed by atoms with van der Waals surface area (Å²) in [5.74, 6) is -0.628. The Morgan fingerprint density at radius 3 is 2.74 bits per heavy atom. The van der Waals surface area contributed by atoms with Gasteiger partial charge >= 0.3 is 5.97 Å². The van der Waals surface area contributed by atoms with Crippen molar-refractivity contribution in [1.82, 2.24) is 14.5 Å². The summed E-state index contributed by atoms with van der Waals surface area (Å²) in [6.45, 7) is 3.01. The molecule has 1 aliphatic heterocycles. The van der Waals surface area contributed by atoms with Gasteiger partial charge in [-0.25, -0.2) is 4.98 Å². The monoisotopic (exact) mass is 519 g/mol. The standard InChI is InChI=1S/C24H23Cl2N3O4S/c1-2-33-23(32)15-6-5-11-28(13-15)21(30)14-34-24-27-20-8-4-3-7-17(20)22(31)29(24)16-9-10-18(25)19(26)12-16/h3-4,7-10,12,15H,2,5-6,11,13-14H2,1H3. The first-order valence-corrected chi connectivity index (χ1v) is 12.7. The van der Waals surface area contributed by atoms with Crippen molar-refractivity contribution in [3.8, 4) is 5.69 Å². The topological polar surface area (TPSA) is 81.5 Å². The molecule has 0 bridgehead atoms. The Balaban J connectivity index is 1.61. The van der Waals surface area contributed by atoms with E-state index >= 15 is 0 Å². The third-order valence-corrected chi connectivity index (χ3v) is 7.29. The molecule has 0 N–H and O–H groups in total. The third-order valence-electron chi connectivity index (χ3n) is 5.63. The van der Waals surface area contributed by atoms with E-state index in [1.807, 2.05) is 0 Å². The van der Waals surface area contributed by atoms with Gasteiger partial charge in [-0.3, -0.25) is 19.0 Å². The van der Waals surface area contributed by atoms with Crippen LogP contribution in [0.1, 0.15) is 19.8 Å². The maximum Gasteiger partial charge on any atom is 0.310 e. The molecule has 0 spiro atoms. The molecule has 178 valence electrons. The molecule has 34 heavy (non-hydrogen) atoms. The van der Waals surface area contributed by atoms with Gasteiger partial charge in [0.15, 0.2) is 5.16 Å². The highest BCUT2D eigenvalue weighted by Crippen LogP contribution is 2.28. The number of likely N-dealkylation sites (tertiary alicyclic amines) is 1. The number of nitrogens with zero attached hydrogens (tertiary/aromatic N) is 3. The van der Waals surface area contributed by atoms with Crippen LogP contribution in [-0.4, -0.2) is 51.8 Å². The molecule has 1 aromatic heterocycles. The van der Waals surface area contributed by atoms with E-state index in [0.717, 1.165) is 6.42 Å². The lowest BCUT2D eigenvalue weighted by Crippen LogP contribution is -2.43. The zero-order valence-corrected chi connectivity index (χ0v) is 20.8. The predicted molar refractivity (Wildman–Crippen MR) is 134 cm³/mol. The van der Waals surface area contributed by atoms with Crippen LogP contribution in [0.5, 0.6) is 0 Å². The van der Waals surface area contributed by atoms with Crippen molar-refractivity contribution in [3.63, 3.8) is 0 Å². The molecule has 1 aliphatic rings. The number of benzene rings is 2. The van der Waals surface area contributed by atoms with Gasteiger partial charge < -0.3 is 9.64 Å². The summed E-state index contributed by atoms with van der Waals surface area (Å²) in [5, 5.41) is 1.51. The summed E-state index contributed by atoms with van der Waals surface area (Å²) < 4.78 is 6.57. The van der Waals surface area contributed by atoms with Crippen LogP contribution in [0.4, 0.5) is 0 Å². The van der Waals surface area contributed by atoms with Gasteiger partial charge in [-0.05, 0) is 50.1 Å². The van der Waals surface area contributed by atoms with Gasteiger partial charge in [-0.2, -0.15) is 0 Å². The molecule has 4 rings (SSSR count). The quantitative estimate of drug-likeness (QED) is 0.269. The van der Waals surface area contributed by atoms with E-state index in [9.17, 15) is 14.4 Å². The fourth-order valence-corrected chi connectivity index (χ4v) is 5.14. The molecule has 1 atom stereocenters. The lowest BCUT2D eigenvalue weighted by Gasteiger charge is -2.31. The van der Waals surface area contributed by atoms with Crippen LogP contribution in [0.2, 0.25) is 10.0 Å². The Labute approximate surface area is 211 Å². The first-order chi connectivity index (χ1) is 16.4. The second kappa shape index (κ2) is 10.8. The predicted octanol–water partition coefficient (Wildman–Crippen LogP) is 4.59. The van der Waals surface area contributed by atoms with Crippen LogP contribution in [0, 0.1) is 5.92 Å². The van der Waals surface area contributed by atoms with Gasteiger partial charge in [0.1, 0.15) is 0 Å². The molecule has 1 unspecified atom stereocenters. The molecule has 10 heteroatoms. The summed E-state index contributed by atoms with van der Waals surface area (Å²) in [7, 11) is 0. The first kappa shape index (κ1) is 24.6. The van der Waals surface area contributed by atoms with Crippen molar-refractivity contribution in [2.45, 2.75) is 24.9 Å². The molecular formula is C24H23Cl2N3O4S. The summed E-state index contributed by atoms with van der Waals surface area (Å²) in [6.07, 6.45) is 1.45. The number of thioether (sulfide) groups is 1. The van der Waals surface area contributed by atoms with Gasteiger partial charge in [0.05, 0.1) is 44.9 Å². The van der Waals surface area contributed by atoms with Crippen LogP contribution in [0.25, 0.3) is 16.6 Å². The fourth-order valence-electron chi connectivity index (χ4n) is 3.93. The Morgan fingerprint density at radius 1 is 1.18 bits per heavy atom. The van der Waals surface area contributed by atoms with Gasteiger partial charge in [-0.1, -0.05) is 47.1 Å². The van der Waals surface area contributed by atoms with E-state index in [0.29, 0.717) is 57.9 Å². The highest BCUT2D eigenvalue weighted by Gasteiger charge is 2.29. The highest BCUT2D eigenvalue weighted by atomic mass is 35.5. The first-order valence-electron chi connectivity index (χ1n) is 10.9. The molecule has 0 radical (unpaired) electrons. The van der Waals surface area contributed by atoms with Crippen LogP contribution in [-0.2, 0) is 14.3 Å². The summed E-state index contributed by atoms with van der Waals surface area (Å²) in [6, 6.07) is 12.0. The van der Waals surface area contributed by atoms with Crippen molar-refractivity contribution >= 4 is 57.7 Å². The third kappa shape index (κ3) is 5.24. The minimum Gasteiger partial charge on any atom is -0.466 e. The molecule has 7 nitrogen and oxygen atoms in total. The van der Waals surface area contributed by atoms with E-state index in [4.69, 9.17) is 27.9 Å². The van der Waals surface area contributed by atoms with Crippen molar-refractivity contribution in [2.24, 2.45) is 5.92 Å². The van der Waals surface area contributed by atoms with Gasteiger partial charge in [0, 0.05) is 13.1 Å². The molecule has 2 heterocycles. The maximum absolute atomic E-state index is 13.4. The largest absolute Gasteiger partial charge is 0.466 e. The number of carbonyl (C=O) groups excluding carboxylic acids is 2. The summed E-state index contributed by atoms with van der Waals surface area (Å²) in [4.78, 5) is 44.8. The van der Waals surface area contributed by atoms with E-state index in [1.54, 1.807) is 54.3 Å². The summed E-state index contributed by atoms with van der Waals surface area (Å²) in [5.41, 5.74) is 0.784. The zero-order chi connectivity index (χ0) is 24.2.